The van der Waals surface area contributed by atoms with E-state index in [1.807, 2.05) is 29.1 Å². The van der Waals surface area contributed by atoms with Gasteiger partial charge in [0.2, 0.25) is 0 Å². The lowest BCUT2D eigenvalue weighted by atomic mass is 10.1. The summed E-state index contributed by atoms with van der Waals surface area (Å²) in [5.41, 5.74) is 1.59. The van der Waals surface area contributed by atoms with Crippen LogP contribution in [0.4, 0.5) is 0 Å². The smallest absolute Gasteiger partial charge is 0.132 e. The molecule has 5 heteroatoms. The largest absolute Gasteiger partial charge is 0.497 e. The SMILES string of the molecule is COc1ccc(C(C)O)c(OCc2ccn(C(C)C)n2)c1. The molecule has 114 valence electrons. The Kier molecular flexibility index (Phi) is 4.85. The Morgan fingerprint density at radius 3 is 2.57 bits per heavy atom. The van der Waals surface area contributed by atoms with Gasteiger partial charge in [0.1, 0.15) is 18.1 Å². The number of ether oxygens (including phenoxy) is 2. The number of aliphatic hydroxyl groups excluding tert-OH is 1. The van der Waals surface area contributed by atoms with Crippen LogP contribution in [0.15, 0.2) is 30.5 Å². The second-order valence-corrected chi connectivity index (χ2v) is 5.25. The highest BCUT2D eigenvalue weighted by molar-refractivity contribution is 5.41. The number of aliphatic hydroxyl groups is 1. The molecular formula is C16H22N2O3. The van der Waals surface area contributed by atoms with Gasteiger partial charge in [0.05, 0.1) is 18.9 Å². The molecule has 1 heterocycles. The first kappa shape index (κ1) is 15.4. The molecule has 2 aromatic rings. The molecule has 0 aliphatic carbocycles. The number of aromatic nitrogens is 2. The Bertz CT molecular complexity index is 591. The Morgan fingerprint density at radius 2 is 2.00 bits per heavy atom. The van der Waals surface area contributed by atoms with E-state index in [9.17, 15) is 5.11 Å². The highest BCUT2D eigenvalue weighted by atomic mass is 16.5. The van der Waals surface area contributed by atoms with Gasteiger partial charge in [0, 0.05) is 23.9 Å². The third-order valence-electron chi connectivity index (χ3n) is 3.24. The summed E-state index contributed by atoms with van der Waals surface area (Å²) in [6.07, 6.45) is 1.34. The molecule has 5 nitrogen and oxygen atoms in total. The van der Waals surface area contributed by atoms with Crippen molar-refractivity contribution in [2.45, 2.75) is 39.5 Å². The molecule has 1 N–H and O–H groups in total. The molecule has 0 saturated carbocycles. The molecule has 0 radical (unpaired) electrons. The number of methoxy groups -OCH3 is 1. The van der Waals surface area contributed by atoms with E-state index in [2.05, 4.69) is 18.9 Å². The van der Waals surface area contributed by atoms with Crippen molar-refractivity contribution in [2.75, 3.05) is 7.11 Å². The third-order valence-corrected chi connectivity index (χ3v) is 3.24. The molecule has 0 bridgehead atoms. The normalized spacial score (nSPS) is 12.5. The van der Waals surface area contributed by atoms with Crippen LogP contribution in [-0.2, 0) is 6.61 Å². The third kappa shape index (κ3) is 3.76. The van der Waals surface area contributed by atoms with Crippen LogP contribution >= 0.6 is 0 Å². The molecule has 2 rings (SSSR count). The zero-order chi connectivity index (χ0) is 15.4. The molecule has 0 amide bonds. The van der Waals surface area contributed by atoms with Gasteiger partial charge in [-0.1, -0.05) is 0 Å². The van der Waals surface area contributed by atoms with E-state index in [1.165, 1.54) is 0 Å². The first-order valence-electron chi connectivity index (χ1n) is 7.04. The van der Waals surface area contributed by atoms with Crippen molar-refractivity contribution in [3.05, 3.63) is 41.7 Å². The van der Waals surface area contributed by atoms with Gasteiger partial charge in [-0.05, 0) is 39.0 Å². The number of benzene rings is 1. The molecule has 0 fully saturated rings. The van der Waals surface area contributed by atoms with Crippen molar-refractivity contribution in [1.29, 1.82) is 0 Å². The number of hydrogen-bond donors (Lipinski definition) is 1. The van der Waals surface area contributed by atoms with Crippen LogP contribution in [0.1, 0.15) is 44.2 Å². The first-order chi connectivity index (χ1) is 10.0. The van der Waals surface area contributed by atoms with Crippen LogP contribution in [-0.4, -0.2) is 22.0 Å². The maximum atomic E-state index is 9.80. The standard InChI is InChI=1S/C16H22N2O3/c1-11(2)18-8-7-13(17-18)10-21-16-9-14(20-4)5-6-15(16)12(3)19/h5-9,11-12,19H,10H2,1-4H3. The van der Waals surface area contributed by atoms with Gasteiger partial charge >= 0.3 is 0 Å². The van der Waals surface area contributed by atoms with Gasteiger partial charge in [-0.3, -0.25) is 4.68 Å². The van der Waals surface area contributed by atoms with Crippen molar-refractivity contribution in [3.8, 4) is 11.5 Å². The summed E-state index contributed by atoms with van der Waals surface area (Å²) in [6.45, 7) is 6.21. The summed E-state index contributed by atoms with van der Waals surface area (Å²) < 4.78 is 12.9. The fraction of sp³-hybridized carbons (Fsp3) is 0.438. The van der Waals surface area contributed by atoms with Gasteiger partial charge in [-0.15, -0.1) is 0 Å². The second kappa shape index (κ2) is 6.63. The lowest BCUT2D eigenvalue weighted by Crippen LogP contribution is -2.05. The number of hydrogen-bond acceptors (Lipinski definition) is 4. The van der Waals surface area contributed by atoms with E-state index in [0.29, 0.717) is 24.1 Å². The summed E-state index contributed by atoms with van der Waals surface area (Å²) in [5, 5.41) is 14.2. The highest BCUT2D eigenvalue weighted by Crippen LogP contribution is 2.30. The first-order valence-corrected chi connectivity index (χ1v) is 7.04. The summed E-state index contributed by atoms with van der Waals surface area (Å²) in [4.78, 5) is 0. The van der Waals surface area contributed by atoms with Gasteiger partial charge < -0.3 is 14.6 Å². The maximum Gasteiger partial charge on any atom is 0.132 e. The van der Waals surface area contributed by atoms with Crippen molar-refractivity contribution in [3.63, 3.8) is 0 Å². The Labute approximate surface area is 125 Å². The monoisotopic (exact) mass is 290 g/mol. The predicted molar refractivity (Wildman–Crippen MR) is 80.6 cm³/mol. The average Bonchev–Trinajstić information content (AvgIpc) is 2.93. The molecule has 0 aliphatic rings. The Morgan fingerprint density at radius 1 is 1.24 bits per heavy atom. The van der Waals surface area contributed by atoms with Crippen LogP contribution in [0.5, 0.6) is 11.5 Å². The van der Waals surface area contributed by atoms with Crippen molar-refractivity contribution in [2.24, 2.45) is 0 Å². The molecule has 21 heavy (non-hydrogen) atoms. The number of nitrogens with zero attached hydrogens (tertiary/aromatic N) is 2. The van der Waals surface area contributed by atoms with Crippen LogP contribution in [0.3, 0.4) is 0 Å². The van der Waals surface area contributed by atoms with E-state index in [1.54, 1.807) is 20.1 Å². The molecular weight excluding hydrogens is 268 g/mol. The molecule has 1 atom stereocenters. The van der Waals surface area contributed by atoms with Crippen LogP contribution in [0, 0.1) is 0 Å². The molecule has 0 aliphatic heterocycles. The van der Waals surface area contributed by atoms with Crippen molar-refractivity contribution >= 4 is 0 Å². The number of rotatable bonds is 6. The van der Waals surface area contributed by atoms with E-state index in [4.69, 9.17) is 9.47 Å². The summed E-state index contributed by atoms with van der Waals surface area (Å²) in [5.74, 6) is 1.31. The summed E-state index contributed by atoms with van der Waals surface area (Å²) in [7, 11) is 1.60. The molecule has 0 spiro atoms. The lowest BCUT2D eigenvalue weighted by Gasteiger charge is -2.14. The quantitative estimate of drug-likeness (QED) is 0.888. The highest BCUT2D eigenvalue weighted by Gasteiger charge is 2.11. The van der Waals surface area contributed by atoms with Crippen molar-refractivity contribution < 1.29 is 14.6 Å². The maximum absolute atomic E-state index is 9.80. The van der Waals surface area contributed by atoms with E-state index in [0.717, 1.165) is 11.3 Å². The van der Waals surface area contributed by atoms with Crippen LogP contribution in [0.2, 0.25) is 0 Å². The van der Waals surface area contributed by atoms with E-state index >= 15 is 0 Å². The summed E-state index contributed by atoms with van der Waals surface area (Å²) in [6, 6.07) is 7.65. The summed E-state index contributed by atoms with van der Waals surface area (Å²) >= 11 is 0. The zero-order valence-electron chi connectivity index (χ0n) is 12.9. The van der Waals surface area contributed by atoms with Gasteiger partial charge in [0.15, 0.2) is 0 Å². The van der Waals surface area contributed by atoms with Gasteiger partial charge in [-0.2, -0.15) is 5.10 Å². The van der Waals surface area contributed by atoms with E-state index < -0.39 is 6.10 Å². The minimum Gasteiger partial charge on any atom is -0.497 e. The second-order valence-electron chi connectivity index (χ2n) is 5.25. The minimum atomic E-state index is -0.598. The predicted octanol–water partition coefficient (Wildman–Crippen LogP) is 3.10. The zero-order valence-corrected chi connectivity index (χ0v) is 12.9. The Balaban J connectivity index is 2.14. The lowest BCUT2D eigenvalue weighted by molar-refractivity contribution is 0.189. The average molecular weight is 290 g/mol. The molecule has 1 aromatic carbocycles. The Hall–Kier alpha value is -2.01. The van der Waals surface area contributed by atoms with Crippen LogP contribution in [0.25, 0.3) is 0 Å². The fourth-order valence-corrected chi connectivity index (χ4v) is 2.01. The van der Waals surface area contributed by atoms with Gasteiger partial charge in [0.25, 0.3) is 0 Å². The van der Waals surface area contributed by atoms with Crippen molar-refractivity contribution in [1.82, 2.24) is 9.78 Å². The fourth-order valence-electron chi connectivity index (χ4n) is 2.01. The molecule has 1 aromatic heterocycles. The minimum absolute atomic E-state index is 0.323. The molecule has 1 unspecified atom stereocenters. The van der Waals surface area contributed by atoms with Crippen LogP contribution < -0.4 is 9.47 Å². The topological polar surface area (TPSA) is 56.5 Å². The molecule has 0 saturated heterocycles. The van der Waals surface area contributed by atoms with E-state index in [-0.39, 0.29) is 0 Å². The van der Waals surface area contributed by atoms with Gasteiger partial charge in [-0.25, -0.2) is 0 Å².